The van der Waals surface area contributed by atoms with E-state index >= 15 is 0 Å². The third-order valence-corrected chi connectivity index (χ3v) is 2.07. The summed E-state index contributed by atoms with van der Waals surface area (Å²) in [7, 11) is 0. The number of hydrogen-bond acceptors (Lipinski definition) is 3. The molecular weight excluding hydrogens is 180 g/mol. The fraction of sp³-hybridized carbons (Fsp3) is 0.400. The van der Waals surface area contributed by atoms with Crippen molar-refractivity contribution < 1.29 is 9.53 Å². The van der Waals surface area contributed by atoms with Gasteiger partial charge in [0, 0.05) is 12.4 Å². The summed E-state index contributed by atoms with van der Waals surface area (Å²) in [5, 5.41) is 0. The molecular formula is C10H12N2O2. The summed E-state index contributed by atoms with van der Waals surface area (Å²) in [4.78, 5) is 16.6. The molecule has 0 saturated heterocycles. The Kier molecular flexibility index (Phi) is 2.62. The van der Waals surface area contributed by atoms with Crippen molar-refractivity contribution in [2.45, 2.75) is 12.8 Å². The van der Waals surface area contributed by atoms with Gasteiger partial charge in [0.05, 0.1) is 6.61 Å². The average molecular weight is 192 g/mol. The molecule has 14 heavy (non-hydrogen) atoms. The summed E-state index contributed by atoms with van der Waals surface area (Å²) in [6.07, 6.45) is 10.2. The first-order valence-electron chi connectivity index (χ1n) is 4.68. The maximum Gasteiger partial charge on any atom is 0.419 e. The van der Waals surface area contributed by atoms with Crippen molar-refractivity contribution in [1.82, 2.24) is 4.90 Å². The molecule has 1 amide bonds. The van der Waals surface area contributed by atoms with Crippen molar-refractivity contribution in [2.24, 2.45) is 10.9 Å². The van der Waals surface area contributed by atoms with Gasteiger partial charge in [-0.15, -0.1) is 0 Å². The topological polar surface area (TPSA) is 41.9 Å². The third kappa shape index (κ3) is 2.45. The molecule has 0 radical (unpaired) electrons. The maximum absolute atomic E-state index is 11.4. The predicted octanol–water partition coefficient (Wildman–Crippen LogP) is 1.90. The fourth-order valence-corrected chi connectivity index (χ4v) is 1.05. The molecule has 1 aliphatic carbocycles. The van der Waals surface area contributed by atoms with Crippen LogP contribution >= 0.6 is 0 Å². The van der Waals surface area contributed by atoms with Crippen LogP contribution in [0.3, 0.4) is 0 Å². The lowest BCUT2D eigenvalue weighted by Gasteiger charge is -2.11. The summed E-state index contributed by atoms with van der Waals surface area (Å²) >= 11 is 0. The van der Waals surface area contributed by atoms with Gasteiger partial charge in [0.1, 0.15) is 6.34 Å². The Labute approximate surface area is 82.6 Å². The van der Waals surface area contributed by atoms with Gasteiger partial charge in [-0.25, -0.2) is 14.7 Å². The molecule has 74 valence electrons. The van der Waals surface area contributed by atoms with E-state index in [1.54, 1.807) is 24.6 Å². The monoisotopic (exact) mass is 192 g/mol. The van der Waals surface area contributed by atoms with Crippen molar-refractivity contribution in [3.05, 3.63) is 24.6 Å². The Morgan fingerprint density at radius 2 is 2.36 bits per heavy atom. The summed E-state index contributed by atoms with van der Waals surface area (Å²) in [6.45, 7) is 0.532. The minimum Gasteiger partial charge on any atom is -0.449 e. The Morgan fingerprint density at radius 3 is 3.14 bits per heavy atom. The molecule has 4 heteroatoms. The first kappa shape index (κ1) is 8.99. The number of allylic oxidation sites excluding steroid dienone is 2. The molecule has 1 aliphatic heterocycles. The summed E-state index contributed by atoms with van der Waals surface area (Å²) in [6, 6.07) is 0. The lowest BCUT2D eigenvalue weighted by molar-refractivity contribution is 0.128. The van der Waals surface area contributed by atoms with Crippen molar-refractivity contribution in [2.75, 3.05) is 6.61 Å². The zero-order valence-electron chi connectivity index (χ0n) is 7.80. The van der Waals surface area contributed by atoms with Crippen LogP contribution in [0.15, 0.2) is 29.5 Å². The third-order valence-electron chi connectivity index (χ3n) is 2.07. The molecule has 0 unspecified atom stereocenters. The molecule has 1 saturated carbocycles. The predicted molar refractivity (Wildman–Crippen MR) is 52.7 cm³/mol. The summed E-state index contributed by atoms with van der Waals surface area (Å²) in [5.74, 6) is 0.588. The van der Waals surface area contributed by atoms with Crippen LogP contribution < -0.4 is 0 Å². The summed E-state index contributed by atoms with van der Waals surface area (Å²) < 4.78 is 5.08. The SMILES string of the molecule is O=C(OCC1CC1)N1C=CC=CN=C1. The standard InChI is InChI=1S/C10H12N2O2/c13-10(14-7-9-3-4-9)12-6-2-1-5-11-8-12/h1-2,5-6,8-9H,3-4,7H2. The first-order chi connectivity index (χ1) is 6.86. The van der Waals surface area contributed by atoms with E-state index in [2.05, 4.69) is 4.99 Å². The van der Waals surface area contributed by atoms with E-state index < -0.39 is 0 Å². The highest BCUT2D eigenvalue weighted by atomic mass is 16.6. The number of rotatable bonds is 2. The Hall–Kier alpha value is -1.58. The summed E-state index contributed by atoms with van der Waals surface area (Å²) in [5.41, 5.74) is 0. The van der Waals surface area contributed by atoms with Crippen LogP contribution in [-0.2, 0) is 4.74 Å². The van der Waals surface area contributed by atoms with E-state index in [0.29, 0.717) is 12.5 Å². The molecule has 0 atom stereocenters. The van der Waals surface area contributed by atoms with Crippen molar-refractivity contribution >= 4 is 12.4 Å². The highest BCUT2D eigenvalue weighted by Crippen LogP contribution is 2.28. The van der Waals surface area contributed by atoms with Gasteiger partial charge in [-0.1, -0.05) is 0 Å². The number of hydrogen-bond donors (Lipinski definition) is 0. The molecule has 1 heterocycles. The van der Waals surface area contributed by atoms with E-state index in [0.717, 1.165) is 0 Å². The Balaban J connectivity index is 1.83. The maximum atomic E-state index is 11.4. The number of carbonyl (C=O) groups excluding carboxylic acids is 1. The molecule has 0 aromatic rings. The second-order valence-corrected chi connectivity index (χ2v) is 3.38. The fourth-order valence-electron chi connectivity index (χ4n) is 1.05. The van der Waals surface area contributed by atoms with Crippen LogP contribution in [0.25, 0.3) is 0 Å². The Bertz CT molecular complexity index is 287. The lowest BCUT2D eigenvalue weighted by atomic mass is 10.5. The highest BCUT2D eigenvalue weighted by molar-refractivity contribution is 5.84. The molecule has 2 rings (SSSR count). The molecule has 0 N–H and O–H groups in total. The van der Waals surface area contributed by atoms with Crippen LogP contribution in [0.1, 0.15) is 12.8 Å². The number of carbonyl (C=O) groups is 1. The van der Waals surface area contributed by atoms with E-state index in [4.69, 9.17) is 4.74 Å². The molecule has 0 aromatic heterocycles. The average Bonchev–Trinajstić information content (AvgIpc) is 3.01. The van der Waals surface area contributed by atoms with Crippen molar-refractivity contribution in [3.8, 4) is 0 Å². The van der Waals surface area contributed by atoms with Crippen LogP contribution in [0.2, 0.25) is 0 Å². The first-order valence-corrected chi connectivity index (χ1v) is 4.68. The second-order valence-electron chi connectivity index (χ2n) is 3.38. The molecule has 4 nitrogen and oxygen atoms in total. The van der Waals surface area contributed by atoms with E-state index in [1.165, 1.54) is 24.1 Å². The van der Waals surface area contributed by atoms with Gasteiger partial charge in [-0.2, -0.15) is 0 Å². The second kappa shape index (κ2) is 4.09. The van der Waals surface area contributed by atoms with E-state index in [9.17, 15) is 4.79 Å². The van der Waals surface area contributed by atoms with Gasteiger partial charge in [-0.3, -0.25) is 0 Å². The van der Waals surface area contributed by atoms with Gasteiger partial charge in [0.25, 0.3) is 0 Å². The molecule has 0 spiro atoms. The van der Waals surface area contributed by atoms with Crippen molar-refractivity contribution in [3.63, 3.8) is 0 Å². The number of aliphatic imine (C=N–C) groups is 1. The van der Waals surface area contributed by atoms with Gasteiger partial charge in [-0.05, 0) is 30.9 Å². The van der Waals surface area contributed by atoms with Crippen LogP contribution in [-0.4, -0.2) is 23.9 Å². The van der Waals surface area contributed by atoms with Gasteiger partial charge in [0.15, 0.2) is 0 Å². The minimum absolute atomic E-state index is 0.361. The number of ether oxygens (including phenoxy) is 1. The molecule has 0 aromatic carbocycles. The van der Waals surface area contributed by atoms with Crippen LogP contribution in [0.4, 0.5) is 4.79 Å². The zero-order valence-corrected chi connectivity index (χ0v) is 7.80. The largest absolute Gasteiger partial charge is 0.449 e. The minimum atomic E-state index is -0.361. The number of amides is 1. The lowest BCUT2D eigenvalue weighted by Crippen LogP contribution is -2.25. The highest BCUT2D eigenvalue weighted by Gasteiger charge is 2.23. The molecule has 0 bridgehead atoms. The van der Waals surface area contributed by atoms with Gasteiger partial charge >= 0.3 is 6.09 Å². The van der Waals surface area contributed by atoms with E-state index in [-0.39, 0.29) is 6.09 Å². The number of nitrogens with zero attached hydrogens (tertiary/aromatic N) is 2. The smallest absolute Gasteiger partial charge is 0.419 e. The van der Waals surface area contributed by atoms with Gasteiger partial charge < -0.3 is 4.74 Å². The normalized spacial score (nSPS) is 19.6. The van der Waals surface area contributed by atoms with Crippen molar-refractivity contribution in [1.29, 1.82) is 0 Å². The zero-order chi connectivity index (χ0) is 9.80. The van der Waals surface area contributed by atoms with Crippen LogP contribution in [0, 0.1) is 5.92 Å². The molecule has 2 aliphatic rings. The van der Waals surface area contributed by atoms with E-state index in [1.807, 2.05) is 0 Å². The Morgan fingerprint density at radius 1 is 1.50 bits per heavy atom. The molecule has 1 fully saturated rings. The quantitative estimate of drug-likeness (QED) is 0.670. The van der Waals surface area contributed by atoms with Gasteiger partial charge in [0.2, 0.25) is 0 Å². The van der Waals surface area contributed by atoms with Crippen LogP contribution in [0.5, 0.6) is 0 Å².